The average Bonchev–Trinajstić information content (AvgIpc) is 2.35. The van der Waals surface area contributed by atoms with E-state index in [0.717, 1.165) is 17.5 Å². The van der Waals surface area contributed by atoms with Crippen LogP contribution in [0.2, 0.25) is 0 Å². The summed E-state index contributed by atoms with van der Waals surface area (Å²) in [7, 11) is 2.01. The highest BCUT2D eigenvalue weighted by atomic mass is 16.4. The van der Waals surface area contributed by atoms with E-state index in [0.29, 0.717) is 12.0 Å². The van der Waals surface area contributed by atoms with Crippen molar-refractivity contribution in [3.8, 4) is 0 Å². The van der Waals surface area contributed by atoms with Crippen molar-refractivity contribution in [2.45, 2.75) is 26.8 Å². The first-order valence-corrected chi connectivity index (χ1v) is 6.01. The van der Waals surface area contributed by atoms with Crippen LogP contribution in [0.1, 0.15) is 26.3 Å². The van der Waals surface area contributed by atoms with Gasteiger partial charge in [0.25, 0.3) is 0 Å². The quantitative estimate of drug-likeness (QED) is 0.814. The van der Waals surface area contributed by atoms with Crippen molar-refractivity contribution in [3.05, 3.63) is 30.0 Å². The van der Waals surface area contributed by atoms with Gasteiger partial charge in [0.15, 0.2) is 0 Å². The number of aromatic nitrogens is 1. The Morgan fingerprint density at radius 2 is 2.06 bits per heavy atom. The van der Waals surface area contributed by atoms with E-state index in [1.807, 2.05) is 19.2 Å². The molecule has 0 saturated heterocycles. The number of pyridine rings is 1. The van der Waals surface area contributed by atoms with Crippen LogP contribution < -0.4 is 4.90 Å². The minimum absolute atomic E-state index is 0.401. The lowest BCUT2D eigenvalue weighted by atomic mass is 10.1. The third kappa shape index (κ3) is 3.87. The molecule has 4 nitrogen and oxygen atoms in total. The van der Waals surface area contributed by atoms with Crippen molar-refractivity contribution in [1.82, 2.24) is 4.98 Å². The zero-order valence-electron chi connectivity index (χ0n) is 11.3. The van der Waals surface area contributed by atoms with Gasteiger partial charge in [0.2, 0.25) is 0 Å². The van der Waals surface area contributed by atoms with E-state index in [4.69, 9.17) is 5.11 Å². The molecule has 0 aliphatic carbocycles. The van der Waals surface area contributed by atoms with Gasteiger partial charge in [-0.05, 0) is 36.6 Å². The van der Waals surface area contributed by atoms with E-state index in [-0.39, 0.29) is 0 Å². The van der Waals surface area contributed by atoms with Crippen molar-refractivity contribution in [3.63, 3.8) is 0 Å². The maximum atomic E-state index is 10.4. The molecule has 1 atom stereocenters. The number of rotatable bonds is 5. The molecule has 1 aromatic heterocycles. The molecule has 1 aromatic rings. The summed E-state index contributed by atoms with van der Waals surface area (Å²) in [6.07, 6.45) is 4.32. The van der Waals surface area contributed by atoms with Gasteiger partial charge in [0.05, 0.1) is 0 Å². The summed E-state index contributed by atoms with van der Waals surface area (Å²) < 4.78 is 0. The van der Waals surface area contributed by atoms with E-state index in [1.54, 1.807) is 6.20 Å². The minimum atomic E-state index is -0.954. The number of hydrogen-bond acceptors (Lipinski definition) is 3. The summed E-state index contributed by atoms with van der Waals surface area (Å²) >= 11 is 0. The summed E-state index contributed by atoms with van der Waals surface area (Å²) in [6.45, 7) is 6.50. The molecule has 0 aliphatic rings. The zero-order chi connectivity index (χ0) is 13.7. The van der Waals surface area contributed by atoms with Gasteiger partial charge in [-0.25, -0.2) is 9.78 Å². The van der Waals surface area contributed by atoms with Crippen LogP contribution in [-0.2, 0) is 4.79 Å². The molecule has 1 heterocycles. The predicted molar refractivity (Wildman–Crippen MR) is 73.6 cm³/mol. The van der Waals surface area contributed by atoms with Gasteiger partial charge in [-0.2, -0.15) is 0 Å². The maximum absolute atomic E-state index is 10.4. The predicted octanol–water partition coefficient (Wildman–Crippen LogP) is 2.66. The summed E-state index contributed by atoms with van der Waals surface area (Å²) in [5, 5.41) is 8.54. The van der Waals surface area contributed by atoms with Crippen molar-refractivity contribution in [2.24, 2.45) is 5.92 Å². The highest BCUT2D eigenvalue weighted by Gasteiger charge is 2.14. The Morgan fingerprint density at radius 3 is 2.50 bits per heavy atom. The Hall–Kier alpha value is -1.84. The standard InChI is InChI=1S/C14H20N2O2/c1-10(2)11(3)16(4)13-7-5-12(9-15-13)6-8-14(17)18/h5-11H,1-4H3,(H,17,18)/b8-6+. The van der Waals surface area contributed by atoms with E-state index >= 15 is 0 Å². The first-order valence-electron chi connectivity index (χ1n) is 6.01. The molecule has 0 amide bonds. The highest BCUT2D eigenvalue weighted by Crippen LogP contribution is 2.17. The molecule has 4 heteroatoms. The first-order chi connectivity index (χ1) is 8.41. The van der Waals surface area contributed by atoms with Crippen molar-refractivity contribution < 1.29 is 9.90 Å². The van der Waals surface area contributed by atoms with Gasteiger partial charge in [-0.1, -0.05) is 13.8 Å². The van der Waals surface area contributed by atoms with Gasteiger partial charge < -0.3 is 10.0 Å². The number of aliphatic carboxylic acids is 1. The molecule has 1 unspecified atom stereocenters. The molecule has 0 aromatic carbocycles. The zero-order valence-corrected chi connectivity index (χ0v) is 11.3. The van der Waals surface area contributed by atoms with Crippen molar-refractivity contribution in [2.75, 3.05) is 11.9 Å². The van der Waals surface area contributed by atoms with Crippen LogP contribution in [0, 0.1) is 5.92 Å². The third-order valence-electron chi connectivity index (χ3n) is 3.13. The fourth-order valence-corrected chi connectivity index (χ4v) is 1.53. The molecular weight excluding hydrogens is 228 g/mol. The molecule has 18 heavy (non-hydrogen) atoms. The van der Waals surface area contributed by atoms with Crippen LogP contribution >= 0.6 is 0 Å². The average molecular weight is 248 g/mol. The molecule has 1 N–H and O–H groups in total. The topological polar surface area (TPSA) is 53.4 Å². The smallest absolute Gasteiger partial charge is 0.328 e. The van der Waals surface area contributed by atoms with E-state index < -0.39 is 5.97 Å². The first kappa shape index (κ1) is 14.2. The Balaban J connectivity index is 2.79. The van der Waals surface area contributed by atoms with Crippen LogP contribution in [0.4, 0.5) is 5.82 Å². The third-order valence-corrected chi connectivity index (χ3v) is 3.13. The molecule has 98 valence electrons. The number of hydrogen-bond donors (Lipinski definition) is 1. The van der Waals surface area contributed by atoms with Gasteiger partial charge in [-0.15, -0.1) is 0 Å². The number of carboxylic acid groups (broad SMARTS) is 1. The molecule has 1 rings (SSSR count). The molecule has 0 saturated carbocycles. The molecule has 0 fully saturated rings. The van der Waals surface area contributed by atoms with Gasteiger partial charge >= 0.3 is 5.97 Å². The SMILES string of the molecule is CC(C)C(C)N(C)c1ccc(/C=C/C(=O)O)cn1. The van der Waals surface area contributed by atoms with Crippen molar-refractivity contribution in [1.29, 1.82) is 0 Å². The second-order valence-corrected chi connectivity index (χ2v) is 4.72. The second-order valence-electron chi connectivity index (χ2n) is 4.72. The molecule has 0 bridgehead atoms. The number of carbonyl (C=O) groups is 1. The summed E-state index contributed by atoms with van der Waals surface area (Å²) in [6, 6.07) is 4.17. The van der Waals surface area contributed by atoms with Crippen LogP contribution in [0.5, 0.6) is 0 Å². The monoisotopic (exact) mass is 248 g/mol. The molecule has 0 radical (unpaired) electrons. The van der Waals surface area contributed by atoms with Crippen LogP contribution in [0.15, 0.2) is 24.4 Å². The second kappa shape index (κ2) is 6.19. The molecule has 0 spiro atoms. The summed E-state index contributed by atoms with van der Waals surface area (Å²) in [5.74, 6) is 0.483. The largest absolute Gasteiger partial charge is 0.478 e. The van der Waals surface area contributed by atoms with Crippen LogP contribution in [0.3, 0.4) is 0 Å². The lowest BCUT2D eigenvalue weighted by molar-refractivity contribution is -0.131. The summed E-state index contributed by atoms with van der Waals surface area (Å²) in [5.41, 5.74) is 0.784. The van der Waals surface area contributed by atoms with E-state index in [1.165, 1.54) is 6.08 Å². The molecular formula is C14H20N2O2. The Kier molecular flexibility index (Phi) is 4.89. The molecule has 0 aliphatic heterocycles. The number of nitrogens with zero attached hydrogens (tertiary/aromatic N) is 2. The van der Waals surface area contributed by atoms with Crippen LogP contribution in [-0.4, -0.2) is 29.1 Å². The van der Waals surface area contributed by atoms with E-state index in [2.05, 4.69) is 30.7 Å². The fraction of sp³-hybridized carbons (Fsp3) is 0.429. The Labute approximate surface area is 108 Å². The fourth-order valence-electron chi connectivity index (χ4n) is 1.53. The van der Waals surface area contributed by atoms with Crippen LogP contribution in [0.25, 0.3) is 6.08 Å². The van der Waals surface area contributed by atoms with Gasteiger partial charge in [-0.3, -0.25) is 0 Å². The van der Waals surface area contributed by atoms with Gasteiger partial charge in [0, 0.05) is 25.4 Å². The lowest BCUT2D eigenvalue weighted by Crippen LogP contribution is -2.33. The number of anilines is 1. The number of carboxylic acids is 1. The maximum Gasteiger partial charge on any atom is 0.328 e. The minimum Gasteiger partial charge on any atom is -0.478 e. The van der Waals surface area contributed by atoms with E-state index in [9.17, 15) is 4.79 Å². The summed E-state index contributed by atoms with van der Waals surface area (Å²) in [4.78, 5) is 16.9. The lowest BCUT2D eigenvalue weighted by Gasteiger charge is -2.28. The Morgan fingerprint density at radius 1 is 1.39 bits per heavy atom. The highest BCUT2D eigenvalue weighted by molar-refractivity contribution is 5.85. The van der Waals surface area contributed by atoms with Gasteiger partial charge in [0.1, 0.15) is 5.82 Å². The normalized spacial score (nSPS) is 12.9. The Bertz CT molecular complexity index is 424. The van der Waals surface area contributed by atoms with Crippen molar-refractivity contribution >= 4 is 17.9 Å².